The van der Waals surface area contributed by atoms with Gasteiger partial charge in [0.2, 0.25) is 0 Å². The lowest BCUT2D eigenvalue weighted by Gasteiger charge is -2.23. The molecule has 2 heterocycles. The standard InChI is InChI=1S/C23H21N3O2/c1-23(19-9-8-16-4-2-5-17(16)13-19)21(27)26(22(28)25-23)14-15-7-10-20-18(12-15)6-3-11-24-20/h3,6-13H,2,4-5,14H2,1H3,(H,25,28). The molecule has 5 heteroatoms. The minimum absolute atomic E-state index is 0.207. The molecule has 3 amide bonds. The highest BCUT2D eigenvalue weighted by Crippen LogP contribution is 2.33. The molecule has 0 spiro atoms. The third-order valence-electron chi connectivity index (χ3n) is 5.96. The van der Waals surface area contributed by atoms with Crippen LogP contribution in [0.5, 0.6) is 0 Å². The van der Waals surface area contributed by atoms with Gasteiger partial charge in [0.05, 0.1) is 12.1 Å². The average molecular weight is 371 g/mol. The summed E-state index contributed by atoms with van der Waals surface area (Å²) < 4.78 is 0. The van der Waals surface area contributed by atoms with Gasteiger partial charge >= 0.3 is 6.03 Å². The molecule has 1 N–H and O–H groups in total. The Bertz CT molecular complexity index is 1120. The first-order valence-corrected chi connectivity index (χ1v) is 9.65. The van der Waals surface area contributed by atoms with Gasteiger partial charge in [0.25, 0.3) is 5.91 Å². The van der Waals surface area contributed by atoms with Crippen LogP contribution in [0.15, 0.2) is 54.7 Å². The first-order chi connectivity index (χ1) is 13.5. The third kappa shape index (κ3) is 2.58. The van der Waals surface area contributed by atoms with Gasteiger partial charge in [0.1, 0.15) is 5.54 Å². The number of fused-ring (bicyclic) bond motifs is 2. The Morgan fingerprint density at radius 2 is 1.93 bits per heavy atom. The molecule has 2 aromatic carbocycles. The Kier molecular flexibility index (Phi) is 3.72. The van der Waals surface area contributed by atoms with Crippen molar-refractivity contribution in [3.8, 4) is 0 Å². The van der Waals surface area contributed by atoms with Crippen LogP contribution in [0.4, 0.5) is 4.79 Å². The van der Waals surface area contributed by atoms with Crippen molar-refractivity contribution < 1.29 is 9.59 Å². The lowest BCUT2D eigenvalue weighted by Crippen LogP contribution is -2.40. The summed E-state index contributed by atoms with van der Waals surface area (Å²) in [4.78, 5) is 31.5. The van der Waals surface area contributed by atoms with E-state index in [1.165, 1.54) is 16.0 Å². The topological polar surface area (TPSA) is 62.3 Å². The molecule has 0 radical (unpaired) electrons. The van der Waals surface area contributed by atoms with Crippen LogP contribution in [-0.2, 0) is 29.7 Å². The maximum atomic E-state index is 13.2. The number of nitrogens with zero attached hydrogens (tertiary/aromatic N) is 2. The van der Waals surface area contributed by atoms with Gasteiger partial charge in [-0.05, 0) is 66.6 Å². The lowest BCUT2D eigenvalue weighted by atomic mass is 9.89. The second-order valence-corrected chi connectivity index (χ2v) is 7.81. The van der Waals surface area contributed by atoms with Gasteiger partial charge in [-0.3, -0.25) is 14.7 Å². The maximum Gasteiger partial charge on any atom is 0.325 e. The zero-order valence-electron chi connectivity index (χ0n) is 15.7. The third-order valence-corrected chi connectivity index (χ3v) is 5.96. The van der Waals surface area contributed by atoms with Crippen LogP contribution in [0.3, 0.4) is 0 Å². The normalized spacial score (nSPS) is 21.2. The van der Waals surface area contributed by atoms with Gasteiger partial charge in [0.15, 0.2) is 0 Å². The highest BCUT2D eigenvalue weighted by Gasteiger charge is 2.49. The van der Waals surface area contributed by atoms with Gasteiger partial charge in [-0.2, -0.15) is 0 Å². The number of aromatic nitrogens is 1. The van der Waals surface area contributed by atoms with E-state index in [1.54, 1.807) is 13.1 Å². The Balaban J connectivity index is 1.45. The molecule has 1 saturated heterocycles. The van der Waals surface area contributed by atoms with Crippen molar-refractivity contribution in [1.29, 1.82) is 0 Å². The lowest BCUT2D eigenvalue weighted by molar-refractivity contribution is -0.131. The molecule has 2 aliphatic rings. The number of amides is 3. The number of urea groups is 1. The van der Waals surface area contributed by atoms with Crippen LogP contribution < -0.4 is 5.32 Å². The van der Waals surface area contributed by atoms with Gasteiger partial charge in [-0.1, -0.05) is 30.3 Å². The van der Waals surface area contributed by atoms with Crippen LogP contribution in [0.2, 0.25) is 0 Å². The molecule has 1 aromatic heterocycles. The number of imide groups is 1. The van der Waals surface area contributed by atoms with Crippen LogP contribution in [0, 0.1) is 0 Å². The molecule has 28 heavy (non-hydrogen) atoms. The van der Waals surface area contributed by atoms with Crippen LogP contribution in [0.1, 0.15) is 35.6 Å². The summed E-state index contributed by atoms with van der Waals surface area (Å²) in [6, 6.07) is 15.5. The van der Waals surface area contributed by atoms with E-state index in [0.717, 1.165) is 41.3 Å². The van der Waals surface area contributed by atoms with Gasteiger partial charge in [-0.25, -0.2) is 4.79 Å². The average Bonchev–Trinajstić information content (AvgIpc) is 3.26. The van der Waals surface area contributed by atoms with Crippen molar-refractivity contribution in [2.75, 3.05) is 0 Å². The zero-order chi connectivity index (χ0) is 19.3. The summed E-state index contributed by atoms with van der Waals surface area (Å²) in [6.45, 7) is 2.05. The molecule has 5 nitrogen and oxygen atoms in total. The van der Waals surface area contributed by atoms with E-state index < -0.39 is 5.54 Å². The molecule has 140 valence electrons. The van der Waals surface area contributed by atoms with Crippen molar-refractivity contribution in [2.24, 2.45) is 0 Å². The number of aryl methyl sites for hydroxylation is 2. The SMILES string of the molecule is CC1(c2ccc3c(c2)CCC3)NC(=O)N(Cc2ccc3ncccc3c2)C1=O. The molecular formula is C23H21N3O2. The molecule has 1 atom stereocenters. The molecule has 1 aliphatic heterocycles. The summed E-state index contributed by atoms with van der Waals surface area (Å²) in [7, 11) is 0. The van der Waals surface area contributed by atoms with Gasteiger partial charge in [-0.15, -0.1) is 0 Å². The zero-order valence-corrected chi connectivity index (χ0v) is 15.7. The molecule has 5 rings (SSSR count). The van der Waals surface area contributed by atoms with Gasteiger partial charge < -0.3 is 5.32 Å². The summed E-state index contributed by atoms with van der Waals surface area (Å²) >= 11 is 0. The first kappa shape index (κ1) is 16.9. The van der Waals surface area contributed by atoms with E-state index in [9.17, 15) is 9.59 Å². The molecule has 1 fully saturated rings. The van der Waals surface area contributed by atoms with Crippen LogP contribution >= 0.6 is 0 Å². The number of benzene rings is 2. The summed E-state index contributed by atoms with van der Waals surface area (Å²) in [5.41, 5.74) is 4.28. The minimum atomic E-state index is -1.02. The van der Waals surface area contributed by atoms with E-state index >= 15 is 0 Å². The number of rotatable bonds is 3. The largest absolute Gasteiger partial charge is 0.325 e. The van der Waals surface area contributed by atoms with E-state index in [1.807, 2.05) is 36.4 Å². The Hall–Kier alpha value is -3.21. The van der Waals surface area contributed by atoms with Crippen LogP contribution in [-0.4, -0.2) is 21.8 Å². The Labute approximate surface area is 163 Å². The maximum absolute atomic E-state index is 13.2. The molecule has 1 aliphatic carbocycles. The number of nitrogens with one attached hydrogen (secondary N) is 1. The first-order valence-electron chi connectivity index (χ1n) is 9.65. The second-order valence-electron chi connectivity index (χ2n) is 7.81. The van der Waals surface area contributed by atoms with Crippen molar-refractivity contribution in [2.45, 2.75) is 38.3 Å². The summed E-state index contributed by atoms with van der Waals surface area (Å²) in [5.74, 6) is -0.207. The summed E-state index contributed by atoms with van der Waals surface area (Å²) in [6.07, 6.45) is 5.03. The number of pyridine rings is 1. The summed E-state index contributed by atoms with van der Waals surface area (Å²) in [5, 5.41) is 3.91. The number of carbonyl (C=O) groups excluding carboxylic acids is 2. The van der Waals surface area contributed by atoms with Crippen molar-refractivity contribution in [3.05, 3.63) is 77.0 Å². The molecular weight excluding hydrogens is 350 g/mol. The number of hydrogen-bond acceptors (Lipinski definition) is 3. The highest BCUT2D eigenvalue weighted by molar-refractivity contribution is 6.07. The van der Waals surface area contributed by atoms with Crippen molar-refractivity contribution >= 4 is 22.8 Å². The fraction of sp³-hybridized carbons (Fsp3) is 0.261. The molecule has 1 unspecified atom stereocenters. The number of carbonyl (C=O) groups is 2. The van der Waals surface area contributed by atoms with E-state index in [0.29, 0.717) is 0 Å². The van der Waals surface area contributed by atoms with E-state index in [-0.39, 0.29) is 18.5 Å². The minimum Gasteiger partial charge on any atom is -0.319 e. The molecule has 0 saturated carbocycles. The van der Waals surface area contributed by atoms with Crippen molar-refractivity contribution in [3.63, 3.8) is 0 Å². The van der Waals surface area contributed by atoms with Crippen molar-refractivity contribution in [1.82, 2.24) is 15.2 Å². The highest BCUT2D eigenvalue weighted by atomic mass is 16.2. The van der Waals surface area contributed by atoms with Gasteiger partial charge in [0, 0.05) is 11.6 Å². The Morgan fingerprint density at radius 1 is 1.07 bits per heavy atom. The fourth-order valence-electron chi connectivity index (χ4n) is 4.33. The predicted molar refractivity (Wildman–Crippen MR) is 107 cm³/mol. The van der Waals surface area contributed by atoms with Crippen LogP contribution in [0.25, 0.3) is 10.9 Å². The van der Waals surface area contributed by atoms with E-state index in [2.05, 4.69) is 22.4 Å². The quantitative estimate of drug-likeness (QED) is 0.714. The second kappa shape index (κ2) is 6.16. The van der Waals surface area contributed by atoms with E-state index in [4.69, 9.17) is 0 Å². The smallest absolute Gasteiger partial charge is 0.319 e. The number of hydrogen-bond donors (Lipinski definition) is 1. The monoisotopic (exact) mass is 371 g/mol. The molecule has 3 aromatic rings. The fourth-order valence-corrected chi connectivity index (χ4v) is 4.33. The Morgan fingerprint density at radius 3 is 2.82 bits per heavy atom. The molecule has 0 bridgehead atoms. The predicted octanol–water partition coefficient (Wildman–Crippen LogP) is 3.69.